The third kappa shape index (κ3) is 4.59. The van der Waals surface area contributed by atoms with E-state index < -0.39 is 0 Å². The first kappa shape index (κ1) is 18.8. The van der Waals surface area contributed by atoms with Gasteiger partial charge in [0, 0.05) is 40.4 Å². The molecule has 1 saturated heterocycles. The van der Waals surface area contributed by atoms with Crippen LogP contribution in [0.15, 0.2) is 4.63 Å². The molecule has 1 N–H and O–H groups in total. The fourth-order valence-corrected chi connectivity index (χ4v) is 3.50. The summed E-state index contributed by atoms with van der Waals surface area (Å²) >= 11 is 0. The molecule has 3 rings (SSSR count). The van der Waals surface area contributed by atoms with Crippen LogP contribution in [0.1, 0.15) is 26.2 Å². The molecule has 0 radical (unpaired) electrons. The molecule has 144 valence electrons. The van der Waals surface area contributed by atoms with Crippen molar-refractivity contribution in [2.45, 2.75) is 26.2 Å². The maximum atomic E-state index is 5.11. The van der Waals surface area contributed by atoms with Crippen LogP contribution in [0, 0.1) is 5.92 Å². The summed E-state index contributed by atoms with van der Waals surface area (Å²) in [5.41, 5.74) is 0.860. The zero-order valence-corrected chi connectivity index (χ0v) is 15.9. The molecule has 0 amide bonds. The first-order chi connectivity index (χ1) is 12.7. The monoisotopic (exact) mass is 363 g/mol. The van der Waals surface area contributed by atoms with Crippen molar-refractivity contribution in [1.82, 2.24) is 25.2 Å². The van der Waals surface area contributed by atoms with Crippen molar-refractivity contribution in [3.63, 3.8) is 0 Å². The van der Waals surface area contributed by atoms with Crippen LogP contribution in [0.3, 0.4) is 0 Å². The minimum atomic E-state index is 0.422. The topological polar surface area (TPSA) is 92.4 Å². The molecule has 3 heterocycles. The SMILES string of the molecule is CCN1CCC[C@@H](CN(C)c2nc3nonc3nc2NCCCOC)C1. The van der Waals surface area contributed by atoms with Crippen LogP contribution in [0.4, 0.5) is 11.6 Å². The molecule has 1 aliphatic rings. The largest absolute Gasteiger partial charge is 0.385 e. The maximum absolute atomic E-state index is 5.11. The average Bonchev–Trinajstić information content (AvgIpc) is 3.12. The Morgan fingerprint density at radius 1 is 1.31 bits per heavy atom. The number of hydrogen-bond acceptors (Lipinski definition) is 9. The summed E-state index contributed by atoms with van der Waals surface area (Å²) in [7, 11) is 3.77. The number of piperidine rings is 1. The maximum Gasteiger partial charge on any atom is 0.245 e. The average molecular weight is 363 g/mol. The van der Waals surface area contributed by atoms with Crippen molar-refractivity contribution in [1.29, 1.82) is 0 Å². The van der Waals surface area contributed by atoms with E-state index in [1.165, 1.54) is 19.4 Å². The summed E-state index contributed by atoms with van der Waals surface area (Å²) in [4.78, 5) is 13.9. The van der Waals surface area contributed by atoms with Gasteiger partial charge in [-0.25, -0.2) is 14.6 Å². The van der Waals surface area contributed by atoms with Gasteiger partial charge in [0.05, 0.1) is 0 Å². The lowest BCUT2D eigenvalue weighted by Gasteiger charge is -2.34. The smallest absolute Gasteiger partial charge is 0.245 e. The first-order valence-corrected chi connectivity index (χ1v) is 9.37. The Kier molecular flexibility index (Phi) is 6.56. The minimum Gasteiger partial charge on any atom is -0.385 e. The van der Waals surface area contributed by atoms with E-state index in [0.717, 1.165) is 44.2 Å². The molecule has 9 nitrogen and oxygen atoms in total. The number of rotatable bonds is 9. The molecule has 0 saturated carbocycles. The highest BCUT2D eigenvalue weighted by Crippen LogP contribution is 2.25. The molecule has 0 bridgehead atoms. The quantitative estimate of drug-likeness (QED) is 0.667. The van der Waals surface area contributed by atoms with Gasteiger partial charge in [-0.05, 0) is 48.6 Å². The van der Waals surface area contributed by atoms with Gasteiger partial charge in [0.25, 0.3) is 0 Å². The zero-order chi connectivity index (χ0) is 18.4. The predicted octanol–water partition coefficient (Wildman–Crippen LogP) is 1.63. The van der Waals surface area contributed by atoms with E-state index in [1.54, 1.807) is 7.11 Å². The van der Waals surface area contributed by atoms with Crippen molar-refractivity contribution in [3.05, 3.63) is 0 Å². The van der Waals surface area contributed by atoms with E-state index in [-0.39, 0.29) is 0 Å². The van der Waals surface area contributed by atoms with Crippen LogP contribution >= 0.6 is 0 Å². The number of likely N-dealkylation sites (tertiary alicyclic amines) is 1. The van der Waals surface area contributed by atoms with E-state index in [2.05, 4.69) is 49.4 Å². The van der Waals surface area contributed by atoms with Crippen LogP contribution in [0.5, 0.6) is 0 Å². The van der Waals surface area contributed by atoms with Gasteiger partial charge in [-0.15, -0.1) is 0 Å². The molecule has 2 aromatic heterocycles. The second-order valence-corrected chi connectivity index (χ2v) is 6.86. The Morgan fingerprint density at radius 3 is 2.88 bits per heavy atom. The Balaban J connectivity index is 1.73. The van der Waals surface area contributed by atoms with E-state index in [1.807, 2.05) is 0 Å². The lowest BCUT2D eigenvalue weighted by molar-refractivity contribution is 0.185. The number of nitrogens with zero attached hydrogens (tertiary/aromatic N) is 6. The highest BCUT2D eigenvalue weighted by molar-refractivity contribution is 5.73. The van der Waals surface area contributed by atoms with Gasteiger partial charge in [0.1, 0.15) is 0 Å². The highest BCUT2D eigenvalue weighted by Gasteiger charge is 2.23. The Labute approximate surface area is 154 Å². The summed E-state index contributed by atoms with van der Waals surface area (Å²) in [5.74, 6) is 2.14. The zero-order valence-electron chi connectivity index (χ0n) is 15.9. The summed E-state index contributed by atoms with van der Waals surface area (Å²) in [6.07, 6.45) is 3.40. The lowest BCUT2D eigenvalue weighted by atomic mass is 9.97. The molecule has 0 aromatic carbocycles. The third-order valence-electron chi connectivity index (χ3n) is 4.86. The van der Waals surface area contributed by atoms with Gasteiger partial charge in [-0.2, -0.15) is 0 Å². The van der Waals surface area contributed by atoms with Crippen LogP contribution in [-0.2, 0) is 4.74 Å². The molecule has 9 heteroatoms. The number of fused-ring (bicyclic) bond motifs is 1. The molecule has 0 unspecified atom stereocenters. The number of aromatic nitrogens is 4. The molecule has 1 fully saturated rings. The number of nitrogens with one attached hydrogen (secondary N) is 1. The van der Waals surface area contributed by atoms with Crippen LogP contribution < -0.4 is 10.2 Å². The van der Waals surface area contributed by atoms with Crippen molar-refractivity contribution in [3.8, 4) is 0 Å². The van der Waals surface area contributed by atoms with Crippen molar-refractivity contribution < 1.29 is 9.37 Å². The molecule has 1 aliphatic heterocycles. The number of methoxy groups -OCH3 is 1. The highest BCUT2D eigenvalue weighted by atomic mass is 16.6. The van der Waals surface area contributed by atoms with Crippen LogP contribution in [0.25, 0.3) is 11.3 Å². The van der Waals surface area contributed by atoms with E-state index in [0.29, 0.717) is 23.8 Å². The van der Waals surface area contributed by atoms with Crippen molar-refractivity contribution in [2.24, 2.45) is 5.92 Å². The molecular weight excluding hydrogens is 334 g/mol. The van der Waals surface area contributed by atoms with Gasteiger partial charge < -0.3 is 19.9 Å². The third-order valence-corrected chi connectivity index (χ3v) is 4.86. The number of ether oxygens (including phenoxy) is 1. The summed E-state index contributed by atoms with van der Waals surface area (Å²) in [5, 5.41) is 11.0. The fourth-order valence-electron chi connectivity index (χ4n) is 3.50. The van der Waals surface area contributed by atoms with Gasteiger partial charge >= 0.3 is 0 Å². The Hall–Kier alpha value is -2.00. The Morgan fingerprint density at radius 2 is 2.12 bits per heavy atom. The van der Waals surface area contributed by atoms with Gasteiger partial charge in [0.2, 0.25) is 11.3 Å². The summed E-state index contributed by atoms with van der Waals surface area (Å²) < 4.78 is 9.89. The molecule has 2 aromatic rings. The molecule has 0 spiro atoms. The van der Waals surface area contributed by atoms with Crippen LogP contribution in [-0.4, -0.2) is 78.7 Å². The number of anilines is 2. The standard InChI is InChI=1S/C17H29N7O2/c1-4-24-9-5-7-13(12-24)11-23(2)17-16(18-8-6-10-25-3)19-14-15(20-17)22-26-21-14/h13H,4-12H2,1-3H3,(H,18,19,21)/t13-/m0/s1. The molecule has 1 atom stereocenters. The number of hydrogen-bond donors (Lipinski definition) is 1. The first-order valence-electron chi connectivity index (χ1n) is 9.37. The molecular formula is C17H29N7O2. The second-order valence-electron chi connectivity index (χ2n) is 6.86. The molecule has 0 aliphatic carbocycles. The van der Waals surface area contributed by atoms with Crippen LogP contribution in [0.2, 0.25) is 0 Å². The van der Waals surface area contributed by atoms with E-state index >= 15 is 0 Å². The van der Waals surface area contributed by atoms with Gasteiger partial charge in [0.15, 0.2) is 11.6 Å². The normalized spacial score (nSPS) is 18.3. The summed E-state index contributed by atoms with van der Waals surface area (Å²) in [6.45, 7) is 8.09. The predicted molar refractivity (Wildman–Crippen MR) is 100 cm³/mol. The fraction of sp³-hybridized carbons (Fsp3) is 0.765. The van der Waals surface area contributed by atoms with Crippen molar-refractivity contribution >= 4 is 22.9 Å². The Bertz CT molecular complexity index is 693. The molecule has 26 heavy (non-hydrogen) atoms. The van der Waals surface area contributed by atoms with Gasteiger partial charge in [-0.3, -0.25) is 0 Å². The van der Waals surface area contributed by atoms with Crippen molar-refractivity contribution in [2.75, 3.05) is 63.7 Å². The summed E-state index contributed by atoms with van der Waals surface area (Å²) in [6, 6.07) is 0. The minimum absolute atomic E-state index is 0.422. The second kappa shape index (κ2) is 9.09. The van der Waals surface area contributed by atoms with E-state index in [9.17, 15) is 0 Å². The lowest BCUT2D eigenvalue weighted by Crippen LogP contribution is -2.40. The van der Waals surface area contributed by atoms with Gasteiger partial charge in [-0.1, -0.05) is 6.92 Å². The van der Waals surface area contributed by atoms with E-state index in [4.69, 9.17) is 9.37 Å².